The number of ether oxygens (including phenoxy) is 1. The predicted octanol–water partition coefficient (Wildman–Crippen LogP) is -2.61. The van der Waals surface area contributed by atoms with Gasteiger partial charge in [-0.2, -0.15) is 0 Å². The molecule has 0 saturated carbocycles. The van der Waals surface area contributed by atoms with Crippen molar-refractivity contribution in [2.75, 3.05) is 33.4 Å². The first-order chi connectivity index (χ1) is 7.11. The Hall–Kier alpha value is -0.240. The molecule has 0 aromatic carbocycles. The van der Waals surface area contributed by atoms with Gasteiger partial charge in [0, 0.05) is 20.2 Å². The van der Waals surface area contributed by atoms with E-state index in [2.05, 4.69) is 0 Å². The average Bonchev–Trinajstić information content (AvgIpc) is 2.23. The Labute approximate surface area is 88.7 Å². The average molecular weight is 221 g/mol. The second kappa shape index (κ2) is 5.74. The molecule has 4 N–H and O–H groups in total. The molecular weight excluding hydrogens is 202 g/mol. The van der Waals surface area contributed by atoms with E-state index < -0.39 is 24.4 Å². The smallest absolute Gasteiger partial charge is 0.109 e. The maximum atomic E-state index is 9.63. The van der Waals surface area contributed by atoms with E-state index in [-0.39, 0.29) is 13.2 Å². The Bertz CT molecular complexity index is 191. The summed E-state index contributed by atoms with van der Waals surface area (Å²) in [5, 5.41) is 37.6. The van der Waals surface area contributed by atoms with Gasteiger partial charge in [0.15, 0.2) is 0 Å². The van der Waals surface area contributed by atoms with Crippen molar-refractivity contribution in [2.45, 2.75) is 24.4 Å². The van der Waals surface area contributed by atoms with Gasteiger partial charge in [-0.3, -0.25) is 4.90 Å². The summed E-state index contributed by atoms with van der Waals surface area (Å²) in [5.41, 5.74) is 0. The highest BCUT2D eigenvalue weighted by Crippen LogP contribution is 2.18. The number of nitrogens with zero attached hydrogens (tertiary/aromatic N) is 1. The van der Waals surface area contributed by atoms with E-state index in [9.17, 15) is 15.3 Å². The second-order valence-corrected chi connectivity index (χ2v) is 3.79. The van der Waals surface area contributed by atoms with Gasteiger partial charge in [-0.05, 0) is 0 Å². The van der Waals surface area contributed by atoms with Crippen LogP contribution in [0.2, 0.25) is 0 Å². The van der Waals surface area contributed by atoms with Crippen molar-refractivity contribution in [1.82, 2.24) is 4.90 Å². The summed E-state index contributed by atoms with van der Waals surface area (Å²) in [6.45, 7) is 0.927. The maximum Gasteiger partial charge on any atom is 0.109 e. The molecule has 1 aliphatic rings. The molecule has 4 atom stereocenters. The van der Waals surface area contributed by atoms with Crippen LogP contribution >= 0.6 is 0 Å². The summed E-state index contributed by atoms with van der Waals surface area (Å²) in [6.07, 6.45) is -3.31. The first-order valence-electron chi connectivity index (χ1n) is 4.99. The summed E-state index contributed by atoms with van der Waals surface area (Å²) < 4.78 is 4.89. The van der Waals surface area contributed by atoms with Crippen LogP contribution in [0.15, 0.2) is 0 Å². The van der Waals surface area contributed by atoms with Crippen LogP contribution < -0.4 is 0 Å². The standard InChI is InChI=1S/C9H19NO5/c1-15-3-2-10-4-7(12)9(14)8(13)6(10)5-11/h6-9,11-14H,2-5H2,1H3/t6?,7-,8-,9-/m1/s1. The van der Waals surface area contributed by atoms with Crippen LogP contribution in [0, 0.1) is 0 Å². The van der Waals surface area contributed by atoms with Gasteiger partial charge in [0.25, 0.3) is 0 Å². The highest BCUT2D eigenvalue weighted by Gasteiger charge is 2.40. The first-order valence-corrected chi connectivity index (χ1v) is 4.99. The monoisotopic (exact) mass is 221 g/mol. The fraction of sp³-hybridized carbons (Fsp3) is 1.00. The molecule has 1 aliphatic heterocycles. The van der Waals surface area contributed by atoms with E-state index in [1.165, 1.54) is 0 Å². The number of likely N-dealkylation sites (tertiary alicyclic amines) is 1. The molecule has 1 saturated heterocycles. The quantitative estimate of drug-likeness (QED) is 0.416. The second-order valence-electron chi connectivity index (χ2n) is 3.79. The number of aliphatic hydroxyl groups is 4. The van der Waals surface area contributed by atoms with Crippen LogP contribution in [0.25, 0.3) is 0 Å². The summed E-state index contributed by atoms with van der Waals surface area (Å²) in [4.78, 5) is 1.71. The molecule has 6 heteroatoms. The number of methoxy groups -OCH3 is 1. The lowest BCUT2D eigenvalue weighted by Gasteiger charge is -2.42. The van der Waals surface area contributed by atoms with Crippen molar-refractivity contribution < 1.29 is 25.2 Å². The SMILES string of the molecule is COCCN1C[C@@H](O)[C@@H](O)[C@H](O)C1CO. The number of rotatable bonds is 4. The van der Waals surface area contributed by atoms with Gasteiger partial charge in [-0.1, -0.05) is 0 Å². The van der Waals surface area contributed by atoms with Gasteiger partial charge in [0.05, 0.1) is 25.4 Å². The fourth-order valence-electron chi connectivity index (χ4n) is 1.84. The summed E-state index contributed by atoms with van der Waals surface area (Å²) in [5.74, 6) is 0. The van der Waals surface area contributed by atoms with Crippen LogP contribution in [0.1, 0.15) is 0 Å². The molecule has 15 heavy (non-hydrogen) atoms. The van der Waals surface area contributed by atoms with Crippen LogP contribution in [-0.2, 0) is 4.74 Å². The Morgan fingerprint density at radius 1 is 1.27 bits per heavy atom. The number of aliphatic hydroxyl groups excluding tert-OH is 4. The molecule has 0 aromatic heterocycles. The molecule has 6 nitrogen and oxygen atoms in total. The van der Waals surface area contributed by atoms with Crippen LogP contribution in [0.4, 0.5) is 0 Å². The lowest BCUT2D eigenvalue weighted by molar-refractivity contribution is -0.147. The molecule has 90 valence electrons. The topological polar surface area (TPSA) is 93.4 Å². The van der Waals surface area contributed by atoms with Gasteiger partial charge in [0.2, 0.25) is 0 Å². The largest absolute Gasteiger partial charge is 0.395 e. The highest BCUT2D eigenvalue weighted by atomic mass is 16.5. The van der Waals surface area contributed by atoms with Gasteiger partial charge >= 0.3 is 0 Å². The zero-order valence-corrected chi connectivity index (χ0v) is 8.78. The minimum atomic E-state index is -1.19. The molecule has 0 aliphatic carbocycles. The predicted molar refractivity (Wildman–Crippen MR) is 52.3 cm³/mol. The van der Waals surface area contributed by atoms with Crippen molar-refractivity contribution in [2.24, 2.45) is 0 Å². The molecule has 0 aromatic rings. The van der Waals surface area contributed by atoms with Crippen LogP contribution in [0.3, 0.4) is 0 Å². The van der Waals surface area contributed by atoms with Gasteiger partial charge in [-0.15, -0.1) is 0 Å². The Morgan fingerprint density at radius 2 is 1.93 bits per heavy atom. The van der Waals surface area contributed by atoms with Crippen LogP contribution in [0.5, 0.6) is 0 Å². The van der Waals surface area contributed by atoms with Crippen molar-refractivity contribution in [3.8, 4) is 0 Å². The molecule has 1 unspecified atom stereocenters. The molecular formula is C9H19NO5. The first kappa shape index (κ1) is 12.8. The Morgan fingerprint density at radius 3 is 2.47 bits per heavy atom. The molecule has 0 spiro atoms. The maximum absolute atomic E-state index is 9.63. The minimum Gasteiger partial charge on any atom is -0.395 e. The number of β-amino-alcohol motifs (C(OH)–C–C–N with tert-alkyl or cyclic N) is 1. The molecule has 0 bridgehead atoms. The zero-order chi connectivity index (χ0) is 11.4. The van der Waals surface area contributed by atoms with E-state index in [4.69, 9.17) is 9.84 Å². The van der Waals surface area contributed by atoms with Crippen molar-refractivity contribution in [3.63, 3.8) is 0 Å². The molecule has 0 radical (unpaired) electrons. The van der Waals surface area contributed by atoms with Gasteiger partial charge in [0.1, 0.15) is 12.2 Å². The fourth-order valence-corrected chi connectivity index (χ4v) is 1.84. The molecule has 1 fully saturated rings. The third-order valence-corrected chi connectivity index (χ3v) is 2.80. The Kier molecular flexibility index (Phi) is 4.91. The zero-order valence-electron chi connectivity index (χ0n) is 8.78. The minimum absolute atomic E-state index is 0.229. The van der Waals surface area contributed by atoms with Gasteiger partial charge in [-0.25, -0.2) is 0 Å². The third kappa shape index (κ3) is 2.87. The van der Waals surface area contributed by atoms with E-state index >= 15 is 0 Å². The highest BCUT2D eigenvalue weighted by molar-refractivity contribution is 4.93. The van der Waals surface area contributed by atoms with E-state index in [1.54, 1.807) is 12.0 Å². The van der Waals surface area contributed by atoms with Crippen molar-refractivity contribution in [1.29, 1.82) is 0 Å². The van der Waals surface area contributed by atoms with Gasteiger partial charge < -0.3 is 25.2 Å². The summed E-state index contributed by atoms with van der Waals surface area (Å²) in [6, 6.07) is -0.543. The summed E-state index contributed by atoms with van der Waals surface area (Å²) >= 11 is 0. The van der Waals surface area contributed by atoms with E-state index in [0.717, 1.165) is 0 Å². The molecule has 0 amide bonds. The van der Waals surface area contributed by atoms with E-state index in [0.29, 0.717) is 13.2 Å². The molecule has 1 rings (SSSR count). The van der Waals surface area contributed by atoms with Crippen LogP contribution in [-0.4, -0.2) is 83.1 Å². The lowest BCUT2D eigenvalue weighted by Crippen LogP contribution is -2.62. The number of piperidine rings is 1. The normalized spacial score (nSPS) is 38.2. The lowest BCUT2D eigenvalue weighted by atomic mass is 9.94. The third-order valence-electron chi connectivity index (χ3n) is 2.80. The van der Waals surface area contributed by atoms with Crippen molar-refractivity contribution in [3.05, 3.63) is 0 Å². The number of hydrogen-bond donors (Lipinski definition) is 4. The number of hydrogen-bond acceptors (Lipinski definition) is 6. The molecule has 1 heterocycles. The van der Waals surface area contributed by atoms with E-state index in [1.807, 2.05) is 0 Å². The summed E-state index contributed by atoms with van der Waals surface area (Å²) in [7, 11) is 1.56. The van der Waals surface area contributed by atoms with Crippen molar-refractivity contribution >= 4 is 0 Å². The Balaban J connectivity index is 2.60.